The quantitative estimate of drug-likeness (QED) is 0.678. The lowest BCUT2D eigenvalue weighted by Gasteiger charge is -2.27. The minimum absolute atomic E-state index is 0.258. The van der Waals surface area contributed by atoms with Crippen LogP contribution in [0.3, 0.4) is 0 Å². The molecule has 0 saturated carbocycles. The largest absolute Gasteiger partial charge is 0.270 e. The molecular formula is C20H16N2O2. The Morgan fingerprint density at radius 3 is 2.25 bits per heavy atom. The summed E-state index contributed by atoms with van der Waals surface area (Å²) in [5, 5.41) is 0.674. The van der Waals surface area contributed by atoms with Crippen LogP contribution >= 0.6 is 0 Å². The van der Waals surface area contributed by atoms with Gasteiger partial charge in [0.25, 0.3) is 11.8 Å². The summed E-state index contributed by atoms with van der Waals surface area (Å²) in [4.78, 5) is 31.4. The van der Waals surface area contributed by atoms with Crippen molar-refractivity contribution in [2.45, 2.75) is 20.4 Å². The van der Waals surface area contributed by atoms with E-state index in [9.17, 15) is 9.59 Å². The van der Waals surface area contributed by atoms with Gasteiger partial charge in [0.15, 0.2) is 0 Å². The smallest absolute Gasteiger partial charge is 0.261 e. The van der Waals surface area contributed by atoms with Crippen LogP contribution in [0, 0.1) is 13.8 Å². The van der Waals surface area contributed by atoms with Crippen LogP contribution in [0.2, 0.25) is 0 Å². The molecule has 2 amide bonds. The summed E-state index contributed by atoms with van der Waals surface area (Å²) in [6.07, 6.45) is 1.63. The van der Waals surface area contributed by atoms with E-state index in [0.29, 0.717) is 16.5 Å². The van der Waals surface area contributed by atoms with Crippen molar-refractivity contribution >= 4 is 22.7 Å². The topological polar surface area (TPSA) is 50.3 Å². The highest BCUT2D eigenvalue weighted by Gasteiger charge is 2.33. The van der Waals surface area contributed by atoms with Crippen molar-refractivity contribution in [1.29, 1.82) is 0 Å². The van der Waals surface area contributed by atoms with Crippen molar-refractivity contribution in [3.63, 3.8) is 0 Å². The molecule has 1 aliphatic rings. The molecule has 0 N–H and O–H groups in total. The molecule has 4 rings (SSSR count). The highest BCUT2D eigenvalue weighted by Crippen LogP contribution is 2.31. The Balaban J connectivity index is 1.83. The van der Waals surface area contributed by atoms with Crippen LogP contribution in [-0.2, 0) is 6.54 Å². The number of aryl methyl sites for hydroxylation is 2. The predicted molar refractivity (Wildman–Crippen MR) is 91.9 cm³/mol. The molecule has 0 unspecified atom stereocenters. The van der Waals surface area contributed by atoms with Crippen LogP contribution in [0.4, 0.5) is 0 Å². The molecule has 0 fully saturated rings. The minimum Gasteiger partial charge on any atom is -0.270 e. The van der Waals surface area contributed by atoms with E-state index in [-0.39, 0.29) is 18.4 Å². The van der Waals surface area contributed by atoms with Gasteiger partial charge >= 0.3 is 0 Å². The average Bonchev–Trinajstić information content (AvgIpc) is 2.59. The first-order valence-electron chi connectivity index (χ1n) is 7.86. The first kappa shape index (κ1) is 14.6. The molecule has 2 aromatic carbocycles. The van der Waals surface area contributed by atoms with E-state index < -0.39 is 0 Å². The molecule has 0 bridgehead atoms. The van der Waals surface area contributed by atoms with Crippen molar-refractivity contribution in [3.8, 4) is 0 Å². The third-order valence-corrected chi connectivity index (χ3v) is 4.51. The summed E-state index contributed by atoms with van der Waals surface area (Å²) in [6.45, 7) is 4.21. The van der Waals surface area contributed by atoms with Crippen molar-refractivity contribution in [2.75, 3.05) is 0 Å². The number of imide groups is 1. The van der Waals surface area contributed by atoms with Gasteiger partial charge in [-0.05, 0) is 37.1 Å². The highest BCUT2D eigenvalue weighted by molar-refractivity contribution is 6.25. The molecule has 4 nitrogen and oxygen atoms in total. The summed E-state index contributed by atoms with van der Waals surface area (Å²) in [5.41, 5.74) is 4.86. The highest BCUT2D eigenvalue weighted by atomic mass is 16.2. The fraction of sp³-hybridized carbons (Fsp3) is 0.150. The van der Waals surface area contributed by atoms with Gasteiger partial charge in [0.2, 0.25) is 0 Å². The van der Waals surface area contributed by atoms with Gasteiger partial charge in [-0.15, -0.1) is 0 Å². The number of pyridine rings is 1. The second kappa shape index (κ2) is 5.27. The Morgan fingerprint density at radius 2 is 1.54 bits per heavy atom. The molecule has 0 spiro atoms. The fourth-order valence-corrected chi connectivity index (χ4v) is 3.16. The Kier molecular flexibility index (Phi) is 3.20. The number of carbonyl (C=O) groups excluding carboxylic acids is 2. The van der Waals surface area contributed by atoms with E-state index in [0.717, 1.165) is 22.2 Å². The van der Waals surface area contributed by atoms with Gasteiger partial charge in [-0.3, -0.25) is 19.5 Å². The van der Waals surface area contributed by atoms with Crippen LogP contribution in [0.1, 0.15) is 37.4 Å². The zero-order valence-electron chi connectivity index (χ0n) is 13.5. The number of amides is 2. The predicted octanol–water partition coefficient (Wildman–Crippen LogP) is 3.65. The number of rotatable bonds is 2. The van der Waals surface area contributed by atoms with Crippen molar-refractivity contribution in [1.82, 2.24) is 9.88 Å². The maximum atomic E-state index is 12.9. The molecule has 24 heavy (non-hydrogen) atoms. The van der Waals surface area contributed by atoms with E-state index >= 15 is 0 Å². The van der Waals surface area contributed by atoms with Crippen molar-refractivity contribution in [3.05, 3.63) is 76.5 Å². The second-order valence-electron chi connectivity index (χ2n) is 6.19. The Hall–Kier alpha value is -3.01. The lowest BCUT2D eigenvalue weighted by Crippen LogP contribution is -2.39. The van der Waals surface area contributed by atoms with Crippen molar-refractivity contribution < 1.29 is 9.59 Å². The number of carbonyl (C=O) groups is 2. The molecule has 0 saturated heterocycles. The van der Waals surface area contributed by atoms with E-state index in [1.807, 2.05) is 44.2 Å². The number of aromatic nitrogens is 1. The van der Waals surface area contributed by atoms with E-state index in [2.05, 4.69) is 4.98 Å². The Labute approximate surface area is 139 Å². The number of benzene rings is 2. The van der Waals surface area contributed by atoms with Crippen molar-refractivity contribution in [2.24, 2.45) is 0 Å². The molecule has 0 aliphatic carbocycles. The maximum absolute atomic E-state index is 12.9. The first-order valence-corrected chi connectivity index (χ1v) is 7.86. The lowest BCUT2D eigenvalue weighted by molar-refractivity contribution is 0.0598. The molecule has 1 aliphatic heterocycles. The lowest BCUT2D eigenvalue weighted by atomic mass is 9.94. The summed E-state index contributed by atoms with van der Waals surface area (Å²) < 4.78 is 0. The molecule has 4 heteroatoms. The monoisotopic (exact) mass is 316 g/mol. The van der Waals surface area contributed by atoms with E-state index in [4.69, 9.17) is 0 Å². The number of nitrogens with zero attached hydrogens (tertiary/aromatic N) is 2. The average molecular weight is 316 g/mol. The molecule has 2 heterocycles. The maximum Gasteiger partial charge on any atom is 0.261 e. The first-order chi connectivity index (χ1) is 11.6. The van der Waals surface area contributed by atoms with E-state index in [1.165, 1.54) is 4.90 Å². The zero-order valence-corrected chi connectivity index (χ0v) is 13.5. The molecule has 118 valence electrons. The van der Waals surface area contributed by atoms with Gasteiger partial charge < -0.3 is 0 Å². The van der Waals surface area contributed by atoms with Crippen LogP contribution in [-0.4, -0.2) is 21.7 Å². The third kappa shape index (κ3) is 2.11. The third-order valence-electron chi connectivity index (χ3n) is 4.51. The van der Waals surface area contributed by atoms with Gasteiger partial charge in [0.05, 0.1) is 23.2 Å². The SMILES string of the molecule is Cc1ccc(CN2C(=O)c3ccnc4c(C)ccc(c34)C2=O)cc1. The van der Waals surface area contributed by atoms with Crippen LogP contribution < -0.4 is 0 Å². The fourth-order valence-electron chi connectivity index (χ4n) is 3.16. The zero-order chi connectivity index (χ0) is 16.8. The van der Waals surface area contributed by atoms with E-state index in [1.54, 1.807) is 18.3 Å². The van der Waals surface area contributed by atoms with Gasteiger partial charge in [-0.25, -0.2) is 0 Å². The van der Waals surface area contributed by atoms with Gasteiger partial charge in [-0.2, -0.15) is 0 Å². The molecule has 0 radical (unpaired) electrons. The summed E-state index contributed by atoms with van der Waals surface area (Å²) in [7, 11) is 0. The summed E-state index contributed by atoms with van der Waals surface area (Å²) >= 11 is 0. The Morgan fingerprint density at radius 1 is 0.875 bits per heavy atom. The van der Waals surface area contributed by atoms with Crippen LogP contribution in [0.15, 0.2) is 48.7 Å². The second-order valence-corrected chi connectivity index (χ2v) is 6.19. The van der Waals surface area contributed by atoms with Gasteiger partial charge in [0.1, 0.15) is 0 Å². The van der Waals surface area contributed by atoms with Gasteiger partial charge in [0, 0.05) is 11.6 Å². The number of hydrogen-bond acceptors (Lipinski definition) is 3. The molecule has 3 aromatic rings. The normalized spacial score (nSPS) is 13.7. The van der Waals surface area contributed by atoms with Crippen LogP contribution in [0.25, 0.3) is 10.9 Å². The van der Waals surface area contributed by atoms with Crippen LogP contribution in [0.5, 0.6) is 0 Å². The molecule has 0 atom stereocenters. The standard InChI is InChI=1S/C20H16N2O2/c1-12-3-6-14(7-4-12)11-22-19(23)15-8-5-13(2)18-17(15)16(20(22)24)9-10-21-18/h3-10H,11H2,1-2H3. The molecule has 1 aromatic heterocycles. The number of hydrogen-bond donors (Lipinski definition) is 0. The minimum atomic E-state index is -0.258. The van der Waals surface area contributed by atoms with Gasteiger partial charge in [-0.1, -0.05) is 35.9 Å². The molecular weight excluding hydrogens is 300 g/mol. The summed E-state index contributed by atoms with van der Waals surface area (Å²) in [6, 6.07) is 13.2. The summed E-state index contributed by atoms with van der Waals surface area (Å²) in [5.74, 6) is -0.517. The Bertz CT molecular complexity index is 968.